The maximum Gasteiger partial charge on any atom is -0.00675 e. The fourth-order valence-electron chi connectivity index (χ4n) is 4.88. The lowest BCUT2D eigenvalue weighted by Crippen LogP contribution is -2.20. The topological polar surface area (TPSA) is 0 Å². The Bertz CT molecular complexity index is 1130. The van der Waals surface area contributed by atoms with Crippen molar-refractivity contribution in [1.82, 2.24) is 0 Å². The molecule has 25 heavy (non-hydrogen) atoms. The fourth-order valence-corrected chi connectivity index (χ4v) is 4.88. The second-order valence-corrected chi connectivity index (χ2v) is 7.62. The lowest BCUT2D eigenvalue weighted by Gasteiger charge is -2.19. The third-order valence-electron chi connectivity index (χ3n) is 6.02. The molecule has 0 aliphatic heterocycles. The summed E-state index contributed by atoms with van der Waals surface area (Å²) in [4.78, 5) is 0. The molecule has 3 aliphatic carbocycles. The van der Waals surface area contributed by atoms with Crippen LogP contribution >= 0.6 is 0 Å². The normalized spacial score (nSPS) is 18.0. The first-order valence-corrected chi connectivity index (χ1v) is 9.66. The van der Waals surface area contributed by atoms with Gasteiger partial charge in [-0.05, 0) is 88.2 Å². The Balaban J connectivity index is 1.94. The van der Waals surface area contributed by atoms with Crippen LogP contribution in [0.5, 0.6) is 0 Å². The third kappa shape index (κ3) is 2.35. The molecule has 1 saturated carbocycles. The van der Waals surface area contributed by atoms with E-state index < -0.39 is 0 Å². The molecule has 2 aromatic rings. The standard InChI is InChI=1S/C25H24/c1-17-15-22-21-14-8-7-13-20(21)16-23(22)25(19-11-5-6-12-19)24(17)18-9-3-2-4-10-18/h5-8,11,13-16H,2-4,9-10,12H2,1H3. The zero-order chi connectivity index (χ0) is 16.8. The smallest absolute Gasteiger partial charge is 0.00675 e. The predicted molar refractivity (Wildman–Crippen MR) is 106 cm³/mol. The summed E-state index contributed by atoms with van der Waals surface area (Å²) in [5.74, 6) is 0. The molecule has 0 nitrogen and oxygen atoms in total. The van der Waals surface area contributed by atoms with E-state index in [1.807, 2.05) is 0 Å². The monoisotopic (exact) mass is 324 g/mol. The van der Waals surface area contributed by atoms with Gasteiger partial charge in [-0.1, -0.05) is 60.6 Å². The van der Waals surface area contributed by atoms with Crippen LogP contribution in [0.2, 0.25) is 0 Å². The highest BCUT2D eigenvalue weighted by molar-refractivity contribution is 5.81. The zero-order valence-corrected chi connectivity index (χ0v) is 14.9. The van der Waals surface area contributed by atoms with Gasteiger partial charge in [0.05, 0.1) is 0 Å². The quantitative estimate of drug-likeness (QED) is 0.598. The van der Waals surface area contributed by atoms with Gasteiger partial charge in [0.2, 0.25) is 0 Å². The molecule has 2 aromatic carbocycles. The van der Waals surface area contributed by atoms with Crippen molar-refractivity contribution >= 4 is 17.2 Å². The molecule has 1 fully saturated rings. The van der Waals surface area contributed by atoms with Crippen LogP contribution in [-0.2, 0) is 0 Å². The van der Waals surface area contributed by atoms with Crippen LogP contribution in [-0.4, -0.2) is 0 Å². The van der Waals surface area contributed by atoms with Crippen molar-refractivity contribution < 1.29 is 0 Å². The van der Waals surface area contributed by atoms with Crippen LogP contribution < -0.4 is 10.4 Å². The van der Waals surface area contributed by atoms with E-state index in [2.05, 4.69) is 61.6 Å². The van der Waals surface area contributed by atoms with Gasteiger partial charge in [-0.25, -0.2) is 0 Å². The summed E-state index contributed by atoms with van der Waals surface area (Å²) in [7, 11) is 0. The summed E-state index contributed by atoms with van der Waals surface area (Å²) in [6.07, 6.45) is 17.0. The Kier molecular flexibility index (Phi) is 3.52. The lowest BCUT2D eigenvalue weighted by molar-refractivity contribution is 0.643. The highest BCUT2D eigenvalue weighted by atomic mass is 14.2. The predicted octanol–water partition coefficient (Wildman–Crippen LogP) is 4.88. The average Bonchev–Trinajstić information content (AvgIpc) is 3.29. The molecule has 0 radical (unpaired) electrons. The van der Waals surface area contributed by atoms with E-state index in [-0.39, 0.29) is 0 Å². The molecule has 0 amide bonds. The minimum absolute atomic E-state index is 1.07. The zero-order valence-electron chi connectivity index (χ0n) is 14.9. The molecule has 5 rings (SSSR count). The van der Waals surface area contributed by atoms with Crippen LogP contribution in [0, 0.1) is 17.4 Å². The van der Waals surface area contributed by atoms with Crippen molar-refractivity contribution in [3.63, 3.8) is 0 Å². The molecular weight excluding hydrogens is 300 g/mol. The molecule has 0 aromatic heterocycles. The molecule has 0 bridgehead atoms. The highest BCUT2D eigenvalue weighted by Gasteiger charge is 2.18. The largest absolute Gasteiger partial charge is 0.0801 e. The van der Waals surface area contributed by atoms with E-state index in [1.54, 1.807) is 10.8 Å². The number of hydrogen-bond acceptors (Lipinski definition) is 0. The molecule has 0 heteroatoms. The molecule has 0 spiro atoms. The van der Waals surface area contributed by atoms with Crippen LogP contribution in [0.3, 0.4) is 0 Å². The second kappa shape index (κ2) is 5.88. The first-order chi connectivity index (χ1) is 12.3. The van der Waals surface area contributed by atoms with Gasteiger partial charge < -0.3 is 0 Å². The summed E-state index contributed by atoms with van der Waals surface area (Å²) in [5.41, 5.74) is 7.63. The second-order valence-electron chi connectivity index (χ2n) is 7.62. The van der Waals surface area contributed by atoms with E-state index in [0.717, 1.165) is 6.42 Å². The molecule has 0 heterocycles. The first kappa shape index (κ1) is 15.0. The Morgan fingerprint density at radius 2 is 1.76 bits per heavy atom. The van der Waals surface area contributed by atoms with E-state index in [9.17, 15) is 0 Å². The molecule has 0 unspecified atom stereocenters. The molecule has 0 N–H and O–H groups in total. The van der Waals surface area contributed by atoms with Crippen LogP contribution in [0.4, 0.5) is 0 Å². The first-order valence-electron chi connectivity index (χ1n) is 9.66. The molecule has 0 atom stereocenters. The molecule has 0 saturated heterocycles. The highest BCUT2D eigenvalue weighted by Crippen LogP contribution is 2.30. The maximum absolute atomic E-state index is 2.45. The third-order valence-corrected chi connectivity index (χ3v) is 6.02. The van der Waals surface area contributed by atoms with Crippen molar-refractivity contribution in [3.05, 3.63) is 86.1 Å². The number of hydrogen-bond donors (Lipinski definition) is 0. The molecular formula is C25H24. The minimum atomic E-state index is 1.07. The summed E-state index contributed by atoms with van der Waals surface area (Å²) in [6.45, 7) is 2.32. The number of fused-ring (bicyclic) bond motifs is 2. The van der Waals surface area contributed by atoms with Gasteiger partial charge in [-0.15, -0.1) is 0 Å². The van der Waals surface area contributed by atoms with E-state index in [1.165, 1.54) is 70.0 Å². The van der Waals surface area contributed by atoms with Crippen molar-refractivity contribution in [2.45, 2.75) is 45.4 Å². The number of benzene rings is 2. The van der Waals surface area contributed by atoms with Gasteiger partial charge in [0.15, 0.2) is 0 Å². The SMILES string of the molecule is Cc1cc2c(c(C3=CC=CC3)c1=C1CCCCC1)C=c1ccccc1=2. The Hall–Kier alpha value is -2.34. The maximum atomic E-state index is 2.45. The van der Waals surface area contributed by atoms with Gasteiger partial charge >= 0.3 is 0 Å². The van der Waals surface area contributed by atoms with Crippen LogP contribution in [0.1, 0.15) is 55.2 Å². The minimum Gasteiger partial charge on any atom is -0.0801 e. The van der Waals surface area contributed by atoms with Gasteiger partial charge in [-0.3, -0.25) is 0 Å². The summed E-state index contributed by atoms with van der Waals surface area (Å²) < 4.78 is 0. The summed E-state index contributed by atoms with van der Waals surface area (Å²) >= 11 is 0. The van der Waals surface area contributed by atoms with Crippen molar-refractivity contribution in [2.75, 3.05) is 0 Å². The van der Waals surface area contributed by atoms with Crippen molar-refractivity contribution in [2.24, 2.45) is 0 Å². The van der Waals surface area contributed by atoms with Crippen molar-refractivity contribution in [3.8, 4) is 0 Å². The molecule has 3 aliphatic rings. The number of allylic oxidation sites excluding steroid dienone is 4. The van der Waals surface area contributed by atoms with E-state index in [4.69, 9.17) is 0 Å². The summed E-state index contributed by atoms with van der Waals surface area (Å²) in [6, 6.07) is 11.3. The number of aryl methyl sites for hydroxylation is 1. The Labute approximate surface area is 149 Å². The Morgan fingerprint density at radius 3 is 2.56 bits per heavy atom. The average molecular weight is 324 g/mol. The van der Waals surface area contributed by atoms with E-state index in [0.29, 0.717) is 0 Å². The van der Waals surface area contributed by atoms with Crippen LogP contribution in [0.25, 0.3) is 17.2 Å². The van der Waals surface area contributed by atoms with Crippen LogP contribution in [0.15, 0.2) is 48.6 Å². The molecule has 124 valence electrons. The van der Waals surface area contributed by atoms with Gasteiger partial charge in [0.25, 0.3) is 0 Å². The fraction of sp³-hybridized carbons (Fsp3) is 0.280. The van der Waals surface area contributed by atoms with Crippen molar-refractivity contribution in [1.29, 1.82) is 0 Å². The summed E-state index contributed by atoms with van der Waals surface area (Å²) in [5, 5.41) is 5.76. The van der Waals surface area contributed by atoms with Gasteiger partial charge in [0, 0.05) is 0 Å². The van der Waals surface area contributed by atoms with E-state index >= 15 is 0 Å². The Morgan fingerprint density at radius 1 is 0.920 bits per heavy atom. The van der Waals surface area contributed by atoms with Gasteiger partial charge in [-0.2, -0.15) is 0 Å². The number of rotatable bonds is 1. The van der Waals surface area contributed by atoms with Gasteiger partial charge in [0.1, 0.15) is 0 Å². The lowest BCUT2D eigenvalue weighted by atomic mass is 9.86.